The topological polar surface area (TPSA) is 43.6 Å². The molecule has 0 saturated carbocycles. The van der Waals surface area contributed by atoms with E-state index in [0.29, 0.717) is 0 Å². The van der Waals surface area contributed by atoms with Crippen LogP contribution in [-0.2, 0) is 19.5 Å². The number of methoxy groups -OCH3 is 3. The smallest absolute Gasteiger partial charge is 0.213 e. The summed E-state index contributed by atoms with van der Waals surface area (Å²) < 4.78 is 19.1. The van der Waals surface area contributed by atoms with Crippen LogP contribution in [-0.4, -0.2) is 21.3 Å². The van der Waals surface area contributed by atoms with E-state index in [1.54, 1.807) is 21.3 Å². The Kier molecular flexibility index (Phi) is 6.85. The van der Waals surface area contributed by atoms with Crippen LogP contribution in [0, 0.1) is 6.92 Å². The fourth-order valence-corrected chi connectivity index (χ4v) is 4.61. The average Bonchev–Trinajstić information content (AvgIpc) is 2.86. The van der Waals surface area contributed by atoms with Crippen molar-refractivity contribution >= 4 is 16.5 Å². The number of benzene rings is 3. The lowest BCUT2D eigenvalue weighted by atomic mass is 9.95. The van der Waals surface area contributed by atoms with E-state index in [0.717, 1.165) is 53.2 Å². The summed E-state index contributed by atoms with van der Waals surface area (Å²) in [5.41, 5.74) is 7.16. The molecule has 34 heavy (non-hydrogen) atoms. The molecule has 1 N–H and O–H groups in total. The number of ether oxygens (including phenoxy) is 3. The lowest BCUT2D eigenvalue weighted by Crippen LogP contribution is -3.00. The number of nitrogens with one attached hydrogen (secondary N) is 1. The molecular weight excluding hydrogens is 448 g/mol. The van der Waals surface area contributed by atoms with Crippen molar-refractivity contribution in [3.05, 3.63) is 77.5 Å². The van der Waals surface area contributed by atoms with Crippen LogP contribution >= 0.6 is 0 Å². The number of fused-ring (bicyclic) bond motifs is 4. The summed E-state index contributed by atoms with van der Waals surface area (Å²) in [7, 11) is 5.08. The number of halogens is 1. The fourth-order valence-electron chi connectivity index (χ4n) is 4.61. The van der Waals surface area contributed by atoms with Crippen molar-refractivity contribution in [1.29, 1.82) is 0 Å². The number of nitrogens with zero attached hydrogens (tertiary/aromatic N) is 1. The first-order valence-electron chi connectivity index (χ1n) is 11.2. The van der Waals surface area contributed by atoms with E-state index in [2.05, 4.69) is 71.5 Å². The highest BCUT2D eigenvalue weighted by molar-refractivity contribution is 5.97. The molecule has 0 unspecified atom stereocenters. The Bertz CT molecular complexity index is 1340. The first-order valence-corrected chi connectivity index (χ1v) is 11.2. The van der Waals surface area contributed by atoms with E-state index < -0.39 is 0 Å². The van der Waals surface area contributed by atoms with Crippen LogP contribution in [0.25, 0.3) is 22.0 Å². The normalized spacial score (nSPS) is 11.8. The maximum atomic E-state index is 5.71. The van der Waals surface area contributed by atoms with Gasteiger partial charge in [-0.2, -0.15) is 4.57 Å². The van der Waals surface area contributed by atoms with Crippen LogP contribution in [0.4, 0.5) is 5.69 Å². The third kappa shape index (κ3) is 4.24. The number of aryl methyl sites for hydroxylation is 3. The molecular formula is C28H29ClN2O3. The molecule has 176 valence electrons. The lowest BCUT2D eigenvalue weighted by Gasteiger charge is -2.19. The first kappa shape index (κ1) is 23.7. The zero-order valence-corrected chi connectivity index (χ0v) is 20.7. The summed E-state index contributed by atoms with van der Waals surface area (Å²) in [6.45, 7) is 3.74. The molecule has 1 aliphatic heterocycles. The van der Waals surface area contributed by atoms with Gasteiger partial charge in [-0.05, 0) is 41.6 Å². The minimum Gasteiger partial charge on any atom is -1.00 e. The van der Waals surface area contributed by atoms with Crippen molar-refractivity contribution < 1.29 is 31.2 Å². The molecule has 0 bridgehead atoms. The summed E-state index contributed by atoms with van der Waals surface area (Å²) in [5.74, 6) is 2.37. The SMILES string of the molecule is COc1cc2c(cc1OC)-c1cc3ccc(OC)c(NCc4ccc(C)cc4)c3c[n+]1CC2.[Cl-]. The van der Waals surface area contributed by atoms with Crippen LogP contribution in [0.5, 0.6) is 17.2 Å². The molecule has 0 atom stereocenters. The van der Waals surface area contributed by atoms with Crippen LogP contribution in [0.1, 0.15) is 16.7 Å². The molecule has 0 saturated heterocycles. The minimum atomic E-state index is 0. The molecule has 5 rings (SSSR count). The van der Waals surface area contributed by atoms with Gasteiger partial charge in [0.05, 0.1) is 38.0 Å². The maximum Gasteiger partial charge on any atom is 0.213 e. The Morgan fingerprint density at radius 3 is 2.26 bits per heavy atom. The Balaban J connectivity index is 0.00000274. The molecule has 2 heterocycles. The number of anilines is 1. The summed E-state index contributed by atoms with van der Waals surface area (Å²) in [6, 6.07) is 19.2. The highest BCUT2D eigenvalue weighted by Gasteiger charge is 2.27. The number of hydrogen-bond donors (Lipinski definition) is 1. The van der Waals surface area contributed by atoms with Gasteiger partial charge in [-0.1, -0.05) is 35.9 Å². The van der Waals surface area contributed by atoms with Gasteiger partial charge in [0.1, 0.15) is 5.75 Å². The molecule has 1 aliphatic rings. The molecule has 6 heteroatoms. The second-order valence-electron chi connectivity index (χ2n) is 8.45. The third-order valence-corrected chi connectivity index (χ3v) is 6.44. The minimum absolute atomic E-state index is 0. The van der Waals surface area contributed by atoms with Gasteiger partial charge in [-0.15, -0.1) is 0 Å². The monoisotopic (exact) mass is 476 g/mol. The zero-order valence-electron chi connectivity index (χ0n) is 19.9. The van der Waals surface area contributed by atoms with Crippen LogP contribution in [0.3, 0.4) is 0 Å². The predicted molar refractivity (Wildman–Crippen MR) is 131 cm³/mol. The quantitative estimate of drug-likeness (QED) is 0.434. The van der Waals surface area contributed by atoms with Gasteiger partial charge in [0.2, 0.25) is 5.69 Å². The van der Waals surface area contributed by atoms with Gasteiger partial charge < -0.3 is 31.9 Å². The average molecular weight is 477 g/mol. The van der Waals surface area contributed by atoms with Gasteiger partial charge in [-0.3, -0.25) is 0 Å². The molecule has 0 amide bonds. The highest BCUT2D eigenvalue weighted by Crippen LogP contribution is 2.39. The van der Waals surface area contributed by atoms with Gasteiger partial charge in [0.25, 0.3) is 0 Å². The number of rotatable bonds is 6. The van der Waals surface area contributed by atoms with Crippen LogP contribution < -0.4 is 36.5 Å². The molecule has 0 spiro atoms. The summed E-state index contributed by atoms with van der Waals surface area (Å²) in [5, 5.41) is 5.94. The van der Waals surface area contributed by atoms with Gasteiger partial charge in [0.15, 0.2) is 24.2 Å². The van der Waals surface area contributed by atoms with Crippen molar-refractivity contribution in [2.75, 3.05) is 26.6 Å². The summed E-state index contributed by atoms with van der Waals surface area (Å²) >= 11 is 0. The van der Waals surface area contributed by atoms with E-state index >= 15 is 0 Å². The summed E-state index contributed by atoms with van der Waals surface area (Å²) in [4.78, 5) is 0. The summed E-state index contributed by atoms with van der Waals surface area (Å²) in [6.07, 6.45) is 3.18. The molecule has 3 aromatic carbocycles. The standard InChI is InChI=1S/C28H28N2O3.ClH/c1-18-5-7-19(8-6-18)16-29-28-23-17-30-12-11-21-14-26(32-3)27(33-4)15-22(21)24(30)13-20(23)9-10-25(28)31-2;/h5-10,13-15,17H,11-12,16H2,1-4H3;1H. The van der Waals surface area contributed by atoms with E-state index in [-0.39, 0.29) is 12.4 Å². The Labute approximate surface area is 206 Å². The second-order valence-corrected chi connectivity index (χ2v) is 8.45. The molecule has 0 aliphatic carbocycles. The maximum absolute atomic E-state index is 5.71. The third-order valence-electron chi connectivity index (χ3n) is 6.44. The lowest BCUT2D eigenvalue weighted by molar-refractivity contribution is -0.686. The molecule has 0 radical (unpaired) electrons. The number of aromatic nitrogens is 1. The van der Waals surface area contributed by atoms with Crippen LogP contribution in [0.15, 0.2) is 60.8 Å². The van der Waals surface area contributed by atoms with Gasteiger partial charge in [0, 0.05) is 19.0 Å². The fraction of sp³-hybridized carbons (Fsp3) is 0.250. The van der Waals surface area contributed by atoms with Crippen LogP contribution in [0.2, 0.25) is 0 Å². The van der Waals surface area contributed by atoms with E-state index in [1.165, 1.54) is 27.9 Å². The Hall–Kier alpha value is -3.44. The van der Waals surface area contributed by atoms with Crippen molar-refractivity contribution in [3.8, 4) is 28.5 Å². The van der Waals surface area contributed by atoms with Gasteiger partial charge in [-0.25, -0.2) is 0 Å². The van der Waals surface area contributed by atoms with Crippen molar-refractivity contribution in [2.24, 2.45) is 0 Å². The predicted octanol–water partition coefficient (Wildman–Crippen LogP) is 2.30. The van der Waals surface area contributed by atoms with Crippen molar-refractivity contribution in [2.45, 2.75) is 26.4 Å². The molecule has 1 aromatic heterocycles. The zero-order chi connectivity index (χ0) is 22.9. The largest absolute Gasteiger partial charge is 1.00 e. The second kappa shape index (κ2) is 9.82. The Morgan fingerprint density at radius 1 is 0.853 bits per heavy atom. The molecule has 0 fully saturated rings. The van der Waals surface area contributed by atoms with Crippen molar-refractivity contribution in [1.82, 2.24) is 0 Å². The molecule has 4 aromatic rings. The van der Waals surface area contributed by atoms with Crippen molar-refractivity contribution in [3.63, 3.8) is 0 Å². The number of hydrogen-bond acceptors (Lipinski definition) is 4. The molecule has 5 nitrogen and oxygen atoms in total. The van der Waals surface area contributed by atoms with Gasteiger partial charge >= 0.3 is 0 Å². The van der Waals surface area contributed by atoms with E-state index in [9.17, 15) is 0 Å². The number of pyridine rings is 1. The highest BCUT2D eigenvalue weighted by atomic mass is 35.5. The first-order chi connectivity index (χ1) is 16.1. The van der Waals surface area contributed by atoms with E-state index in [1.807, 2.05) is 6.07 Å². The van der Waals surface area contributed by atoms with E-state index in [4.69, 9.17) is 14.2 Å². The Morgan fingerprint density at radius 2 is 1.56 bits per heavy atom.